The van der Waals surface area contributed by atoms with Gasteiger partial charge in [-0.05, 0) is 17.7 Å². The highest BCUT2D eigenvalue weighted by atomic mass is 32.2. The number of thioether (sulfide) groups is 1. The zero-order valence-electron chi connectivity index (χ0n) is 9.42. The number of allylic oxidation sites excluding steroid dienone is 2. The molecule has 1 heterocycles. The summed E-state index contributed by atoms with van der Waals surface area (Å²) in [5.74, 6) is -0.531. The maximum atomic E-state index is 11.2. The zero-order valence-corrected chi connectivity index (χ0v) is 10.2. The van der Waals surface area contributed by atoms with E-state index >= 15 is 0 Å². The molecule has 0 fully saturated rings. The minimum atomic E-state index is -0.978. The van der Waals surface area contributed by atoms with Gasteiger partial charge >= 0.3 is 5.97 Å². The Morgan fingerprint density at radius 2 is 2.22 bits per heavy atom. The van der Waals surface area contributed by atoms with Crippen LogP contribution in [0.25, 0.3) is 6.08 Å². The molecule has 18 heavy (non-hydrogen) atoms. The van der Waals surface area contributed by atoms with E-state index < -0.39 is 5.97 Å². The van der Waals surface area contributed by atoms with Crippen LogP contribution in [0, 0.1) is 0 Å². The fourth-order valence-corrected chi connectivity index (χ4v) is 2.30. The van der Waals surface area contributed by atoms with Crippen LogP contribution in [0.15, 0.2) is 41.3 Å². The van der Waals surface area contributed by atoms with Gasteiger partial charge in [-0.15, -0.1) is 11.8 Å². The number of hydrogen-bond acceptors (Lipinski definition) is 3. The summed E-state index contributed by atoms with van der Waals surface area (Å²) in [4.78, 5) is 22.6. The van der Waals surface area contributed by atoms with E-state index in [1.54, 1.807) is 12.2 Å². The van der Waals surface area contributed by atoms with Crippen LogP contribution in [-0.4, -0.2) is 22.7 Å². The van der Waals surface area contributed by atoms with Crippen LogP contribution in [-0.2, 0) is 9.59 Å². The van der Waals surface area contributed by atoms with Crippen LogP contribution in [0.1, 0.15) is 5.56 Å². The summed E-state index contributed by atoms with van der Waals surface area (Å²) >= 11 is 1.51. The van der Waals surface area contributed by atoms with Gasteiger partial charge in [0, 0.05) is 11.0 Å². The number of hydrogen-bond donors (Lipinski definition) is 2. The molecule has 92 valence electrons. The minimum Gasteiger partial charge on any atom is -0.478 e. The Morgan fingerprint density at radius 3 is 3.00 bits per heavy atom. The average Bonchev–Trinajstić information content (AvgIpc) is 2.34. The van der Waals surface area contributed by atoms with Gasteiger partial charge in [0.1, 0.15) is 0 Å². The molecule has 1 aromatic rings. The molecule has 2 N–H and O–H groups in total. The van der Waals surface area contributed by atoms with Gasteiger partial charge in [-0.3, -0.25) is 4.79 Å². The Morgan fingerprint density at radius 1 is 1.39 bits per heavy atom. The van der Waals surface area contributed by atoms with Crippen molar-refractivity contribution in [2.24, 2.45) is 0 Å². The van der Waals surface area contributed by atoms with Gasteiger partial charge in [-0.1, -0.05) is 24.3 Å². The number of rotatable bonds is 3. The number of carboxylic acids is 1. The average molecular weight is 261 g/mol. The van der Waals surface area contributed by atoms with E-state index in [0.717, 1.165) is 22.2 Å². The molecule has 0 unspecified atom stereocenters. The van der Waals surface area contributed by atoms with E-state index in [1.807, 2.05) is 18.2 Å². The van der Waals surface area contributed by atoms with E-state index in [0.29, 0.717) is 5.75 Å². The standard InChI is InChI=1S/C13H11NO3S/c15-12-8-18-11-6-5-9(7-10(11)14-12)3-1-2-4-13(16)17/h1-7H,8H2,(H,14,15)(H,16,17)/b3-1+,4-2+. The van der Waals surface area contributed by atoms with Crippen molar-refractivity contribution < 1.29 is 14.7 Å². The van der Waals surface area contributed by atoms with Crippen LogP contribution in [0.5, 0.6) is 0 Å². The first-order chi connectivity index (χ1) is 8.65. The van der Waals surface area contributed by atoms with Crippen LogP contribution >= 0.6 is 11.8 Å². The highest BCUT2D eigenvalue weighted by Gasteiger charge is 2.14. The van der Waals surface area contributed by atoms with Crippen LogP contribution < -0.4 is 5.32 Å². The summed E-state index contributed by atoms with van der Waals surface area (Å²) in [6.45, 7) is 0. The first kappa shape index (κ1) is 12.4. The molecule has 2 rings (SSSR count). The Labute approximate surface area is 108 Å². The number of carbonyl (C=O) groups excluding carboxylic acids is 1. The van der Waals surface area contributed by atoms with Crippen LogP contribution in [0.2, 0.25) is 0 Å². The van der Waals surface area contributed by atoms with Crippen molar-refractivity contribution in [1.82, 2.24) is 0 Å². The third kappa shape index (κ3) is 3.24. The quantitative estimate of drug-likeness (QED) is 0.647. The lowest BCUT2D eigenvalue weighted by Crippen LogP contribution is -2.18. The lowest BCUT2D eigenvalue weighted by Gasteiger charge is -2.16. The van der Waals surface area contributed by atoms with Crippen molar-refractivity contribution in [3.8, 4) is 0 Å². The van der Waals surface area contributed by atoms with E-state index in [4.69, 9.17) is 5.11 Å². The van der Waals surface area contributed by atoms with Gasteiger partial charge in [-0.25, -0.2) is 4.79 Å². The van der Waals surface area contributed by atoms with E-state index in [1.165, 1.54) is 17.8 Å². The third-order valence-electron chi connectivity index (χ3n) is 2.28. The maximum absolute atomic E-state index is 11.2. The van der Waals surface area contributed by atoms with E-state index in [-0.39, 0.29) is 5.91 Å². The molecule has 1 amide bonds. The van der Waals surface area contributed by atoms with Crippen molar-refractivity contribution >= 4 is 35.4 Å². The van der Waals surface area contributed by atoms with Crippen LogP contribution in [0.4, 0.5) is 5.69 Å². The van der Waals surface area contributed by atoms with Crippen molar-refractivity contribution in [1.29, 1.82) is 0 Å². The molecule has 4 nitrogen and oxygen atoms in total. The fourth-order valence-electron chi connectivity index (χ4n) is 1.51. The van der Waals surface area contributed by atoms with Crippen molar-refractivity contribution in [3.05, 3.63) is 42.0 Å². The summed E-state index contributed by atoms with van der Waals surface area (Å²) in [5.41, 5.74) is 1.72. The van der Waals surface area contributed by atoms with Crippen molar-refractivity contribution in [2.45, 2.75) is 4.90 Å². The molecule has 0 saturated heterocycles. The SMILES string of the molecule is O=C(O)/C=C/C=C/c1ccc2c(c1)NC(=O)CS2. The number of carboxylic acid groups (broad SMARTS) is 1. The number of aliphatic carboxylic acids is 1. The lowest BCUT2D eigenvalue weighted by atomic mass is 10.2. The summed E-state index contributed by atoms with van der Waals surface area (Å²) in [6, 6.07) is 5.74. The molecule has 1 aromatic carbocycles. The van der Waals surface area contributed by atoms with Crippen molar-refractivity contribution in [3.63, 3.8) is 0 Å². The predicted molar refractivity (Wildman–Crippen MR) is 71.6 cm³/mol. The monoisotopic (exact) mass is 261 g/mol. The van der Waals surface area contributed by atoms with Crippen LogP contribution in [0.3, 0.4) is 0 Å². The predicted octanol–water partition coefficient (Wildman–Crippen LogP) is 2.38. The van der Waals surface area contributed by atoms with E-state index in [9.17, 15) is 9.59 Å². The maximum Gasteiger partial charge on any atom is 0.328 e. The Bertz CT molecular complexity index is 549. The molecule has 0 aromatic heterocycles. The summed E-state index contributed by atoms with van der Waals surface area (Å²) < 4.78 is 0. The van der Waals surface area contributed by atoms with Gasteiger partial charge in [0.2, 0.25) is 5.91 Å². The lowest BCUT2D eigenvalue weighted by molar-refractivity contribution is -0.131. The first-order valence-corrected chi connectivity index (χ1v) is 6.28. The van der Waals surface area contributed by atoms with Gasteiger partial charge in [0.25, 0.3) is 0 Å². The first-order valence-electron chi connectivity index (χ1n) is 5.29. The number of carbonyl (C=O) groups is 2. The molecular formula is C13H11NO3S. The smallest absolute Gasteiger partial charge is 0.328 e. The van der Waals surface area contributed by atoms with Gasteiger partial charge in [0.15, 0.2) is 0 Å². The summed E-state index contributed by atoms with van der Waals surface area (Å²) in [7, 11) is 0. The highest BCUT2D eigenvalue weighted by Crippen LogP contribution is 2.32. The van der Waals surface area contributed by atoms with Crippen molar-refractivity contribution in [2.75, 3.05) is 11.1 Å². The third-order valence-corrected chi connectivity index (χ3v) is 3.35. The number of amides is 1. The molecule has 0 bridgehead atoms. The topological polar surface area (TPSA) is 66.4 Å². The number of benzene rings is 1. The highest BCUT2D eigenvalue weighted by molar-refractivity contribution is 8.00. The summed E-state index contributed by atoms with van der Waals surface area (Å²) in [6.07, 6.45) is 5.94. The van der Waals surface area contributed by atoms with Gasteiger partial charge in [0.05, 0.1) is 11.4 Å². The number of nitrogens with one attached hydrogen (secondary N) is 1. The minimum absolute atomic E-state index is 0.000553. The fraction of sp³-hybridized carbons (Fsp3) is 0.0769. The molecule has 0 atom stereocenters. The zero-order chi connectivity index (χ0) is 13.0. The normalized spacial score (nSPS) is 14.8. The second-order valence-electron chi connectivity index (χ2n) is 3.65. The largest absolute Gasteiger partial charge is 0.478 e. The Balaban J connectivity index is 2.13. The molecule has 5 heteroatoms. The molecule has 0 radical (unpaired) electrons. The number of fused-ring (bicyclic) bond motifs is 1. The molecule has 1 aliphatic rings. The second kappa shape index (κ2) is 5.55. The Hall–Kier alpha value is -2.01. The van der Waals surface area contributed by atoms with Gasteiger partial charge < -0.3 is 10.4 Å². The molecule has 0 aliphatic carbocycles. The second-order valence-corrected chi connectivity index (χ2v) is 4.67. The number of anilines is 1. The van der Waals surface area contributed by atoms with E-state index in [2.05, 4.69) is 5.32 Å². The van der Waals surface area contributed by atoms with Gasteiger partial charge in [-0.2, -0.15) is 0 Å². The molecule has 0 spiro atoms. The summed E-state index contributed by atoms with van der Waals surface area (Å²) in [5, 5.41) is 11.2. The molecule has 1 aliphatic heterocycles. The molecule has 0 saturated carbocycles. The Kier molecular flexibility index (Phi) is 3.84. The molecular weight excluding hydrogens is 250 g/mol.